The molecule has 2 rings (SSSR count). The first-order chi connectivity index (χ1) is 8.97. The summed E-state index contributed by atoms with van der Waals surface area (Å²) in [5, 5.41) is 13.8. The van der Waals surface area contributed by atoms with Crippen molar-refractivity contribution in [2.75, 3.05) is 17.3 Å². The summed E-state index contributed by atoms with van der Waals surface area (Å²) >= 11 is 0. The number of para-hydroxylation sites is 1. The molecule has 1 N–H and O–H groups in total. The largest absolute Gasteiger partial charge is 0.423 e. The van der Waals surface area contributed by atoms with Crippen molar-refractivity contribution in [1.82, 2.24) is 4.98 Å². The smallest absolute Gasteiger partial charge is 0.298 e. The number of nitrogens with one attached hydrogen (secondary N) is 1. The van der Waals surface area contributed by atoms with E-state index < -0.39 is 15.7 Å². The standard InChI is InChI=1S/C11H13N3O4S/c1-7(6-19(2)17)12-11-13-10-8(14(15)16)4-3-5-9(10)18-11/h3-5,7H,6H2,1-2H3,(H,12,13). The maximum Gasteiger partial charge on any atom is 0.298 e. The molecule has 1 heterocycles. The lowest BCUT2D eigenvalue weighted by molar-refractivity contribution is -0.383. The molecule has 1 aromatic carbocycles. The highest BCUT2D eigenvalue weighted by molar-refractivity contribution is 7.84. The van der Waals surface area contributed by atoms with Gasteiger partial charge in [-0.05, 0) is 13.0 Å². The molecule has 7 nitrogen and oxygen atoms in total. The Hall–Kier alpha value is -1.96. The van der Waals surface area contributed by atoms with Gasteiger partial charge in [0.2, 0.25) is 0 Å². The van der Waals surface area contributed by atoms with Gasteiger partial charge < -0.3 is 9.73 Å². The normalized spacial score (nSPS) is 14.2. The summed E-state index contributed by atoms with van der Waals surface area (Å²) in [5.74, 6) is 0.445. The SMILES string of the molecule is CC(CS(C)=O)Nc1nc2c([N+](=O)[O-])cccc2o1. The monoisotopic (exact) mass is 283 g/mol. The van der Waals surface area contributed by atoms with Crippen molar-refractivity contribution < 1.29 is 13.5 Å². The molecule has 0 aliphatic rings. The Balaban J connectivity index is 2.29. The van der Waals surface area contributed by atoms with Crippen molar-refractivity contribution in [2.24, 2.45) is 0 Å². The van der Waals surface area contributed by atoms with Crippen LogP contribution in [0.2, 0.25) is 0 Å². The molecule has 0 saturated heterocycles. The van der Waals surface area contributed by atoms with Crippen LogP contribution in [0.3, 0.4) is 0 Å². The summed E-state index contributed by atoms with van der Waals surface area (Å²) in [7, 11) is -0.939. The van der Waals surface area contributed by atoms with Crippen molar-refractivity contribution in [2.45, 2.75) is 13.0 Å². The molecule has 0 aliphatic heterocycles. The van der Waals surface area contributed by atoms with Crippen LogP contribution in [0.4, 0.5) is 11.7 Å². The number of non-ortho nitro benzene ring substituents is 1. The molecule has 0 radical (unpaired) electrons. The molecule has 1 aromatic heterocycles. The van der Waals surface area contributed by atoms with Gasteiger partial charge in [0, 0.05) is 34.9 Å². The lowest BCUT2D eigenvalue weighted by Gasteiger charge is -2.09. The number of rotatable bonds is 5. The number of oxazole rings is 1. The van der Waals surface area contributed by atoms with E-state index in [0.29, 0.717) is 11.3 Å². The third kappa shape index (κ3) is 3.08. The summed E-state index contributed by atoms with van der Waals surface area (Å²) in [5.41, 5.74) is 0.461. The molecule has 0 bridgehead atoms. The number of hydrogen-bond donors (Lipinski definition) is 1. The van der Waals surface area contributed by atoms with Crippen LogP contribution in [0, 0.1) is 10.1 Å². The third-order valence-corrected chi connectivity index (χ3v) is 3.42. The van der Waals surface area contributed by atoms with E-state index in [-0.39, 0.29) is 23.3 Å². The number of hydrogen-bond acceptors (Lipinski definition) is 6. The van der Waals surface area contributed by atoms with Gasteiger partial charge in [-0.25, -0.2) is 0 Å². The predicted molar refractivity (Wildman–Crippen MR) is 72.7 cm³/mol. The number of nitrogens with zero attached hydrogens (tertiary/aromatic N) is 2. The van der Waals surface area contributed by atoms with Crippen molar-refractivity contribution in [1.29, 1.82) is 0 Å². The number of nitro groups is 1. The minimum absolute atomic E-state index is 0.0963. The summed E-state index contributed by atoms with van der Waals surface area (Å²) in [6.45, 7) is 1.84. The Labute approximate surface area is 111 Å². The minimum atomic E-state index is -0.939. The van der Waals surface area contributed by atoms with Crippen LogP contribution < -0.4 is 5.32 Å². The lowest BCUT2D eigenvalue weighted by Crippen LogP contribution is -2.22. The first kappa shape index (κ1) is 13.5. The summed E-state index contributed by atoms with van der Waals surface area (Å²) < 4.78 is 16.5. The number of fused-ring (bicyclic) bond motifs is 1. The van der Waals surface area contributed by atoms with Gasteiger partial charge in [-0.1, -0.05) is 6.07 Å². The zero-order valence-electron chi connectivity index (χ0n) is 10.5. The number of aromatic nitrogens is 1. The highest BCUT2D eigenvalue weighted by atomic mass is 32.2. The van der Waals surface area contributed by atoms with Crippen LogP contribution in [0.25, 0.3) is 11.1 Å². The molecule has 2 aromatic rings. The van der Waals surface area contributed by atoms with E-state index in [2.05, 4.69) is 10.3 Å². The van der Waals surface area contributed by atoms with E-state index in [1.165, 1.54) is 6.07 Å². The molecule has 0 amide bonds. The second kappa shape index (κ2) is 5.35. The zero-order chi connectivity index (χ0) is 14.0. The molecule has 0 spiro atoms. The van der Waals surface area contributed by atoms with Crippen molar-refractivity contribution in [3.8, 4) is 0 Å². The van der Waals surface area contributed by atoms with E-state index in [0.717, 1.165) is 0 Å². The maximum absolute atomic E-state index is 11.1. The Bertz CT molecular complexity index is 640. The van der Waals surface area contributed by atoms with Crippen LogP contribution in [-0.2, 0) is 10.8 Å². The zero-order valence-corrected chi connectivity index (χ0v) is 11.3. The average molecular weight is 283 g/mol. The van der Waals surface area contributed by atoms with E-state index in [1.807, 2.05) is 6.92 Å². The highest BCUT2D eigenvalue weighted by Crippen LogP contribution is 2.27. The Kier molecular flexibility index (Phi) is 3.79. The maximum atomic E-state index is 11.1. The van der Waals surface area contributed by atoms with Crippen molar-refractivity contribution in [3.63, 3.8) is 0 Å². The number of benzene rings is 1. The molecule has 102 valence electrons. The summed E-state index contributed by atoms with van der Waals surface area (Å²) in [4.78, 5) is 14.4. The second-order valence-electron chi connectivity index (χ2n) is 4.19. The van der Waals surface area contributed by atoms with E-state index in [4.69, 9.17) is 4.42 Å². The second-order valence-corrected chi connectivity index (χ2v) is 5.66. The first-order valence-electron chi connectivity index (χ1n) is 5.58. The topological polar surface area (TPSA) is 98.3 Å². The molecule has 0 saturated carbocycles. The average Bonchev–Trinajstić information content (AvgIpc) is 2.68. The molecule has 0 fully saturated rings. The fourth-order valence-electron chi connectivity index (χ4n) is 1.75. The van der Waals surface area contributed by atoms with Crippen LogP contribution in [0.5, 0.6) is 0 Å². The Morgan fingerprint density at radius 1 is 1.58 bits per heavy atom. The molecule has 8 heteroatoms. The Morgan fingerprint density at radius 2 is 2.32 bits per heavy atom. The van der Waals surface area contributed by atoms with Gasteiger partial charge in [0.15, 0.2) is 11.1 Å². The van der Waals surface area contributed by atoms with Gasteiger partial charge in [-0.2, -0.15) is 4.98 Å². The fraction of sp³-hybridized carbons (Fsp3) is 0.364. The molecule has 19 heavy (non-hydrogen) atoms. The quantitative estimate of drug-likeness (QED) is 0.665. The third-order valence-electron chi connectivity index (χ3n) is 2.45. The van der Waals surface area contributed by atoms with Gasteiger partial charge in [0.25, 0.3) is 11.7 Å². The molecule has 2 unspecified atom stereocenters. The fourth-order valence-corrected chi connectivity index (χ4v) is 2.54. The molecule has 0 aliphatic carbocycles. The Morgan fingerprint density at radius 3 is 2.95 bits per heavy atom. The van der Waals surface area contributed by atoms with E-state index in [1.54, 1.807) is 18.4 Å². The van der Waals surface area contributed by atoms with Crippen molar-refractivity contribution in [3.05, 3.63) is 28.3 Å². The van der Waals surface area contributed by atoms with Crippen LogP contribution in [-0.4, -0.2) is 32.2 Å². The minimum Gasteiger partial charge on any atom is -0.423 e. The van der Waals surface area contributed by atoms with Gasteiger partial charge in [-0.15, -0.1) is 0 Å². The van der Waals surface area contributed by atoms with Crippen molar-refractivity contribution >= 4 is 33.6 Å². The van der Waals surface area contributed by atoms with Crippen LogP contribution >= 0.6 is 0 Å². The van der Waals surface area contributed by atoms with Crippen LogP contribution in [0.15, 0.2) is 22.6 Å². The number of nitro benzene ring substituents is 1. The highest BCUT2D eigenvalue weighted by Gasteiger charge is 2.18. The molecular formula is C11H13N3O4S. The van der Waals surface area contributed by atoms with Gasteiger partial charge in [0.05, 0.1) is 4.92 Å². The predicted octanol–water partition coefficient (Wildman–Crippen LogP) is 1.91. The molecule has 2 atom stereocenters. The van der Waals surface area contributed by atoms with E-state index >= 15 is 0 Å². The number of anilines is 1. The first-order valence-corrected chi connectivity index (χ1v) is 7.30. The summed E-state index contributed by atoms with van der Waals surface area (Å²) in [6.07, 6.45) is 1.61. The van der Waals surface area contributed by atoms with E-state index in [9.17, 15) is 14.3 Å². The van der Waals surface area contributed by atoms with Crippen LogP contribution in [0.1, 0.15) is 6.92 Å². The summed E-state index contributed by atoms with van der Waals surface area (Å²) in [6, 6.07) is 4.63. The lowest BCUT2D eigenvalue weighted by atomic mass is 10.3. The van der Waals surface area contributed by atoms with Gasteiger partial charge in [-0.3, -0.25) is 14.3 Å². The van der Waals surface area contributed by atoms with Gasteiger partial charge in [0.1, 0.15) is 0 Å². The molecular weight excluding hydrogens is 270 g/mol. The van der Waals surface area contributed by atoms with Gasteiger partial charge >= 0.3 is 0 Å².